The van der Waals surface area contributed by atoms with Gasteiger partial charge >= 0.3 is 0 Å². The Morgan fingerprint density at radius 2 is 2.22 bits per heavy atom. The first-order valence-electron chi connectivity index (χ1n) is 7.77. The van der Waals surface area contributed by atoms with E-state index in [0.717, 1.165) is 35.1 Å². The minimum atomic E-state index is 0.0855. The average molecular weight is 309 g/mol. The maximum Gasteiger partial charge on any atom is 0.256 e. The zero-order chi connectivity index (χ0) is 16.0. The summed E-state index contributed by atoms with van der Waals surface area (Å²) in [4.78, 5) is 14.8. The molecule has 1 amide bonds. The lowest BCUT2D eigenvalue weighted by atomic mass is 10.0. The zero-order valence-electron chi connectivity index (χ0n) is 13.0. The zero-order valence-corrected chi connectivity index (χ0v) is 13.0. The van der Waals surface area contributed by atoms with Crippen LogP contribution in [0.3, 0.4) is 0 Å². The molecule has 0 spiro atoms. The fraction of sp³-hybridized carbons (Fsp3) is 0.294. The summed E-state index contributed by atoms with van der Waals surface area (Å²) in [5.74, 6) is 0.318. The molecule has 3 heterocycles. The number of likely N-dealkylation sites (tertiary alicyclic amines) is 1. The second-order valence-corrected chi connectivity index (χ2v) is 6.15. The van der Waals surface area contributed by atoms with Gasteiger partial charge in [-0.3, -0.25) is 9.89 Å². The maximum atomic E-state index is 12.9. The molecule has 1 aliphatic rings. The number of aromatic nitrogens is 3. The number of carbonyl (C=O) groups is 1. The highest BCUT2D eigenvalue weighted by molar-refractivity contribution is 6.07. The molecule has 2 aromatic heterocycles. The molecule has 1 unspecified atom stereocenters. The van der Waals surface area contributed by atoms with Crippen LogP contribution >= 0.6 is 0 Å². The lowest BCUT2D eigenvalue weighted by Crippen LogP contribution is -2.28. The van der Waals surface area contributed by atoms with E-state index in [2.05, 4.69) is 10.2 Å². The van der Waals surface area contributed by atoms with Gasteiger partial charge in [0.2, 0.25) is 0 Å². The summed E-state index contributed by atoms with van der Waals surface area (Å²) >= 11 is 0. The Hall–Kier alpha value is -2.76. The Kier molecular flexibility index (Phi) is 3.11. The Balaban J connectivity index is 1.61. The summed E-state index contributed by atoms with van der Waals surface area (Å²) in [5, 5.41) is 7.95. The van der Waals surface area contributed by atoms with E-state index in [4.69, 9.17) is 5.73 Å². The van der Waals surface area contributed by atoms with Gasteiger partial charge in [-0.25, -0.2) is 0 Å². The Morgan fingerprint density at radius 3 is 3.00 bits per heavy atom. The first-order valence-corrected chi connectivity index (χ1v) is 7.77. The second kappa shape index (κ2) is 5.15. The molecule has 6 nitrogen and oxygen atoms in total. The molecule has 0 aliphatic carbocycles. The van der Waals surface area contributed by atoms with E-state index in [1.165, 1.54) is 0 Å². The largest absolute Gasteiger partial charge is 0.396 e. The van der Waals surface area contributed by atoms with Crippen molar-refractivity contribution in [1.82, 2.24) is 19.7 Å². The first-order chi connectivity index (χ1) is 11.1. The summed E-state index contributed by atoms with van der Waals surface area (Å²) in [6.45, 7) is 1.42. The standard InChI is InChI=1S/C17H19N5O/c1-21-10-13(12-4-2-3-5-15(12)21)17(23)22-7-6-11(9-22)16-14(18)8-19-20-16/h2-5,8,10-11H,6-7,9,18H2,1H3,(H,19,20). The summed E-state index contributed by atoms with van der Waals surface area (Å²) in [5.41, 5.74) is 9.39. The van der Waals surface area contributed by atoms with Gasteiger partial charge in [-0.05, 0) is 12.5 Å². The lowest BCUT2D eigenvalue weighted by molar-refractivity contribution is 0.0792. The van der Waals surface area contributed by atoms with Gasteiger partial charge in [0.05, 0.1) is 23.1 Å². The Bertz CT molecular complexity index is 878. The van der Waals surface area contributed by atoms with Crippen LogP contribution in [0.5, 0.6) is 0 Å². The molecule has 1 aromatic carbocycles. The number of aryl methyl sites for hydroxylation is 1. The van der Waals surface area contributed by atoms with Gasteiger partial charge in [0.1, 0.15) is 0 Å². The van der Waals surface area contributed by atoms with Gasteiger partial charge in [-0.15, -0.1) is 0 Å². The molecule has 0 saturated carbocycles. The number of amides is 1. The normalized spacial score (nSPS) is 18.0. The Morgan fingerprint density at radius 1 is 1.39 bits per heavy atom. The Labute approximate surface area is 133 Å². The van der Waals surface area contributed by atoms with Crippen LogP contribution in [0.1, 0.15) is 28.4 Å². The fourth-order valence-electron chi connectivity index (χ4n) is 3.50. The molecule has 0 bridgehead atoms. The molecule has 1 aliphatic heterocycles. The molecule has 118 valence electrons. The number of anilines is 1. The van der Waals surface area contributed by atoms with E-state index in [9.17, 15) is 4.79 Å². The number of rotatable bonds is 2. The van der Waals surface area contributed by atoms with Crippen LogP contribution in [0.2, 0.25) is 0 Å². The maximum absolute atomic E-state index is 12.9. The molecular weight excluding hydrogens is 290 g/mol. The highest BCUT2D eigenvalue weighted by Crippen LogP contribution is 2.31. The van der Waals surface area contributed by atoms with Gasteiger partial charge in [-0.2, -0.15) is 5.10 Å². The van der Waals surface area contributed by atoms with E-state index >= 15 is 0 Å². The molecular formula is C17H19N5O. The molecule has 1 atom stereocenters. The molecule has 6 heteroatoms. The molecule has 0 radical (unpaired) electrons. The third-order valence-electron chi connectivity index (χ3n) is 4.71. The number of hydrogen-bond donors (Lipinski definition) is 2. The summed E-state index contributed by atoms with van der Waals surface area (Å²) in [6, 6.07) is 7.99. The van der Waals surface area contributed by atoms with Crippen molar-refractivity contribution < 1.29 is 4.79 Å². The average Bonchev–Trinajstić information content (AvgIpc) is 3.26. The van der Waals surface area contributed by atoms with Crippen molar-refractivity contribution >= 4 is 22.5 Å². The lowest BCUT2D eigenvalue weighted by Gasteiger charge is -2.16. The minimum absolute atomic E-state index is 0.0855. The smallest absolute Gasteiger partial charge is 0.256 e. The van der Waals surface area contributed by atoms with Crippen LogP contribution in [-0.4, -0.2) is 38.7 Å². The van der Waals surface area contributed by atoms with Gasteiger partial charge in [0, 0.05) is 43.2 Å². The number of fused-ring (bicyclic) bond motifs is 1. The summed E-state index contributed by atoms with van der Waals surface area (Å²) < 4.78 is 2.00. The van der Waals surface area contributed by atoms with Crippen molar-refractivity contribution in [1.29, 1.82) is 0 Å². The second-order valence-electron chi connectivity index (χ2n) is 6.15. The van der Waals surface area contributed by atoms with Gasteiger partial charge < -0.3 is 15.2 Å². The van der Waals surface area contributed by atoms with Crippen LogP contribution in [0, 0.1) is 0 Å². The molecule has 3 N–H and O–H groups in total. The van der Waals surface area contributed by atoms with E-state index in [-0.39, 0.29) is 11.8 Å². The quantitative estimate of drug-likeness (QED) is 0.761. The summed E-state index contributed by atoms with van der Waals surface area (Å²) in [7, 11) is 1.97. The van der Waals surface area contributed by atoms with Crippen molar-refractivity contribution in [3.8, 4) is 0 Å². The number of H-pyrrole nitrogens is 1. The third kappa shape index (κ3) is 2.18. The molecule has 23 heavy (non-hydrogen) atoms. The third-order valence-corrected chi connectivity index (χ3v) is 4.71. The van der Waals surface area contributed by atoms with E-state index in [0.29, 0.717) is 12.2 Å². The number of aromatic amines is 1. The predicted octanol–water partition coefficient (Wildman–Crippen LogP) is 2.11. The SMILES string of the molecule is Cn1cc(C(=O)N2CCC(c3[nH]ncc3N)C2)c2ccccc21. The molecule has 3 aromatic rings. The number of nitrogen functional groups attached to an aromatic ring is 1. The molecule has 1 saturated heterocycles. The highest BCUT2D eigenvalue weighted by Gasteiger charge is 2.31. The van der Waals surface area contributed by atoms with Crippen LogP contribution in [0.4, 0.5) is 5.69 Å². The number of para-hydroxylation sites is 1. The number of carbonyl (C=O) groups excluding carboxylic acids is 1. The fourth-order valence-corrected chi connectivity index (χ4v) is 3.50. The molecule has 4 rings (SSSR count). The number of nitrogens with zero attached hydrogens (tertiary/aromatic N) is 3. The number of nitrogens with two attached hydrogens (primary N) is 1. The van der Waals surface area contributed by atoms with E-state index in [1.54, 1.807) is 6.20 Å². The van der Waals surface area contributed by atoms with Crippen LogP contribution < -0.4 is 5.73 Å². The van der Waals surface area contributed by atoms with Crippen LogP contribution in [-0.2, 0) is 7.05 Å². The van der Waals surface area contributed by atoms with Crippen molar-refractivity contribution in [3.63, 3.8) is 0 Å². The van der Waals surface area contributed by atoms with Crippen molar-refractivity contribution in [2.45, 2.75) is 12.3 Å². The van der Waals surface area contributed by atoms with E-state index in [1.807, 2.05) is 47.0 Å². The topological polar surface area (TPSA) is 79.9 Å². The monoisotopic (exact) mass is 309 g/mol. The number of nitrogens with one attached hydrogen (secondary N) is 1. The van der Waals surface area contributed by atoms with Crippen molar-refractivity contribution in [2.75, 3.05) is 18.8 Å². The highest BCUT2D eigenvalue weighted by atomic mass is 16.2. The van der Waals surface area contributed by atoms with Gasteiger partial charge in [0.15, 0.2) is 0 Å². The predicted molar refractivity (Wildman–Crippen MR) is 89.2 cm³/mol. The minimum Gasteiger partial charge on any atom is -0.396 e. The van der Waals surface area contributed by atoms with Crippen LogP contribution in [0.25, 0.3) is 10.9 Å². The van der Waals surface area contributed by atoms with Gasteiger partial charge in [0.25, 0.3) is 5.91 Å². The first kappa shape index (κ1) is 13.9. The summed E-state index contributed by atoms with van der Waals surface area (Å²) in [6.07, 6.45) is 4.46. The number of benzene rings is 1. The van der Waals surface area contributed by atoms with Crippen molar-refractivity contribution in [2.24, 2.45) is 7.05 Å². The van der Waals surface area contributed by atoms with Crippen molar-refractivity contribution in [3.05, 3.63) is 47.9 Å². The molecule has 1 fully saturated rings. The number of hydrogen-bond acceptors (Lipinski definition) is 3. The van der Waals surface area contributed by atoms with E-state index < -0.39 is 0 Å². The van der Waals surface area contributed by atoms with Crippen LogP contribution in [0.15, 0.2) is 36.7 Å². The van der Waals surface area contributed by atoms with Gasteiger partial charge in [-0.1, -0.05) is 18.2 Å².